The molecule has 0 saturated carbocycles. The normalized spacial score (nSPS) is 12.0. The van der Waals surface area contributed by atoms with E-state index in [1.807, 2.05) is 12.1 Å². The van der Waals surface area contributed by atoms with Gasteiger partial charge in [-0.1, -0.05) is 54.6 Å². The standard InChI is InChI=1S/C21H23NO.ClH/c1-16(20-10-6-8-18-7-4-5-9-21(18)20)22(2)15-17-11-13-19(23-3)14-12-17;/h4-14,16H,15H2,1-3H3;1H/t16-;/m1./s1. The summed E-state index contributed by atoms with van der Waals surface area (Å²) < 4.78 is 5.23. The molecule has 3 heteroatoms. The molecule has 24 heavy (non-hydrogen) atoms. The summed E-state index contributed by atoms with van der Waals surface area (Å²) in [6.45, 7) is 3.18. The van der Waals surface area contributed by atoms with Crippen molar-refractivity contribution >= 4 is 23.2 Å². The van der Waals surface area contributed by atoms with Gasteiger partial charge in [0, 0.05) is 12.6 Å². The Labute approximate surface area is 150 Å². The predicted molar refractivity (Wildman–Crippen MR) is 104 cm³/mol. The van der Waals surface area contributed by atoms with Crippen molar-refractivity contribution in [2.45, 2.75) is 19.5 Å². The lowest BCUT2D eigenvalue weighted by atomic mass is 9.98. The number of halogens is 1. The average Bonchev–Trinajstić information content (AvgIpc) is 2.61. The van der Waals surface area contributed by atoms with Gasteiger partial charge < -0.3 is 4.74 Å². The van der Waals surface area contributed by atoms with Gasteiger partial charge in [-0.25, -0.2) is 0 Å². The highest BCUT2D eigenvalue weighted by Crippen LogP contribution is 2.28. The van der Waals surface area contributed by atoms with Crippen LogP contribution >= 0.6 is 12.4 Å². The smallest absolute Gasteiger partial charge is 0.118 e. The van der Waals surface area contributed by atoms with E-state index in [2.05, 4.69) is 73.5 Å². The molecule has 0 aliphatic carbocycles. The lowest BCUT2D eigenvalue weighted by Gasteiger charge is -2.26. The van der Waals surface area contributed by atoms with Gasteiger partial charge in [0.1, 0.15) is 5.75 Å². The Morgan fingerprint density at radius 3 is 2.29 bits per heavy atom. The zero-order chi connectivity index (χ0) is 16.2. The topological polar surface area (TPSA) is 12.5 Å². The van der Waals surface area contributed by atoms with Crippen molar-refractivity contribution < 1.29 is 4.74 Å². The summed E-state index contributed by atoms with van der Waals surface area (Å²) in [5.74, 6) is 0.901. The van der Waals surface area contributed by atoms with E-state index in [0.29, 0.717) is 6.04 Å². The minimum absolute atomic E-state index is 0. The minimum atomic E-state index is 0. The number of hydrogen-bond acceptors (Lipinski definition) is 2. The summed E-state index contributed by atoms with van der Waals surface area (Å²) in [5, 5.41) is 2.64. The number of hydrogen-bond donors (Lipinski definition) is 0. The SMILES string of the molecule is COc1ccc(CN(C)[C@H](C)c2cccc3ccccc23)cc1.Cl. The Bertz CT molecular complexity index is 780. The molecule has 0 spiro atoms. The maximum absolute atomic E-state index is 5.23. The number of benzene rings is 3. The van der Waals surface area contributed by atoms with E-state index in [9.17, 15) is 0 Å². The number of fused-ring (bicyclic) bond motifs is 1. The summed E-state index contributed by atoms with van der Waals surface area (Å²) in [5.41, 5.74) is 2.67. The fraction of sp³-hybridized carbons (Fsp3) is 0.238. The molecule has 2 nitrogen and oxygen atoms in total. The predicted octanol–water partition coefficient (Wildman–Crippen LogP) is 5.46. The lowest BCUT2D eigenvalue weighted by Crippen LogP contribution is -2.22. The van der Waals surface area contributed by atoms with Crippen LogP contribution in [0.2, 0.25) is 0 Å². The molecule has 0 N–H and O–H groups in total. The second-order valence-corrected chi connectivity index (χ2v) is 6.01. The van der Waals surface area contributed by atoms with Gasteiger partial charge in [-0.2, -0.15) is 0 Å². The third-order valence-electron chi connectivity index (χ3n) is 4.53. The summed E-state index contributed by atoms with van der Waals surface area (Å²) in [4.78, 5) is 2.38. The first-order valence-electron chi connectivity index (χ1n) is 8.00. The van der Waals surface area contributed by atoms with E-state index in [1.54, 1.807) is 7.11 Å². The minimum Gasteiger partial charge on any atom is -0.497 e. The second-order valence-electron chi connectivity index (χ2n) is 6.01. The van der Waals surface area contributed by atoms with Crippen LogP contribution in [-0.2, 0) is 6.54 Å². The Hall–Kier alpha value is -2.03. The summed E-state index contributed by atoms with van der Waals surface area (Å²) in [6, 6.07) is 23.8. The summed E-state index contributed by atoms with van der Waals surface area (Å²) in [7, 11) is 3.88. The van der Waals surface area contributed by atoms with Gasteiger partial charge in [0.2, 0.25) is 0 Å². The highest BCUT2D eigenvalue weighted by atomic mass is 35.5. The van der Waals surface area contributed by atoms with Crippen LogP contribution in [0.25, 0.3) is 10.8 Å². The van der Waals surface area contributed by atoms with Crippen LogP contribution in [0.3, 0.4) is 0 Å². The molecule has 1 atom stereocenters. The van der Waals surface area contributed by atoms with Crippen LogP contribution in [0.5, 0.6) is 5.75 Å². The third-order valence-corrected chi connectivity index (χ3v) is 4.53. The molecule has 0 amide bonds. The lowest BCUT2D eigenvalue weighted by molar-refractivity contribution is 0.254. The maximum atomic E-state index is 5.23. The van der Waals surface area contributed by atoms with E-state index in [0.717, 1.165) is 12.3 Å². The van der Waals surface area contributed by atoms with Crippen LogP contribution in [0.1, 0.15) is 24.1 Å². The molecule has 0 radical (unpaired) electrons. The van der Waals surface area contributed by atoms with Crippen molar-refractivity contribution in [1.29, 1.82) is 0 Å². The molecule has 0 aliphatic heterocycles. The van der Waals surface area contributed by atoms with Crippen LogP contribution in [-0.4, -0.2) is 19.1 Å². The molecule has 3 aromatic rings. The van der Waals surface area contributed by atoms with Gasteiger partial charge in [0.05, 0.1) is 7.11 Å². The van der Waals surface area contributed by atoms with Gasteiger partial charge in [-0.15, -0.1) is 12.4 Å². The average molecular weight is 342 g/mol. The van der Waals surface area contributed by atoms with Gasteiger partial charge in [0.25, 0.3) is 0 Å². The van der Waals surface area contributed by atoms with Gasteiger partial charge in [0.15, 0.2) is 0 Å². The molecule has 0 fully saturated rings. The molecule has 3 rings (SSSR count). The number of rotatable bonds is 5. The molecule has 0 aliphatic rings. The Kier molecular flexibility index (Phi) is 6.24. The number of methoxy groups -OCH3 is 1. The first kappa shape index (κ1) is 18.3. The van der Waals surface area contributed by atoms with Crippen molar-refractivity contribution in [1.82, 2.24) is 4.90 Å². The molecular weight excluding hydrogens is 318 g/mol. The highest BCUT2D eigenvalue weighted by Gasteiger charge is 2.14. The Balaban J connectivity index is 0.00000208. The van der Waals surface area contributed by atoms with E-state index in [1.165, 1.54) is 21.9 Å². The van der Waals surface area contributed by atoms with Gasteiger partial charge in [-0.05, 0) is 48.0 Å². The largest absolute Gasteiger partial charge is 0.497 e. The van der Waals surface area contributed by atoms with E-state index >= 15 is 0 Å². The first-order chi connectivity index (χ1) is 11.2. The van der Waals surface area contributed by atoms with Crippen molar-refractivity contribution in [3.8, 4) is 5.75 Å². The molecule has 0 heterocycles. The summed E-state index contributed by atoms with van der Waals surface area (Å²) in [6.07, 6.45) is 0. The van der Waals surface area contributed by atoms with E-state index in [4.69, 9.17) is 4.74 Å². The molecular formula is C21H24ClNO. The van der Waals surface area contributed by atoms with Gasteiger partial charge in [-0.3, -0.25) is 4.90 Å². The van der Waals surface area contributed by atoms with Crippen molar-refractivity contribution in [3.05, 3.63) is 77.9 Å². The van der Waals surface area contributed by atoms with Crippen molar-refractivity contribution in [3.63, 3.8) is 0 Å². The maximum Gasteiger partial charge on any atom is 0.118 e. The molecule has 0 aromatic heterocycles. The second kappa shape index (κ2) is 8.18. The molecule has 0 bridgehead atoms. The fourth-order valence-corrected chi connectivity index (χ4v) is 3.01. The zero-order valence-electron chi connectivity index (χ0n) is 14.4. The van der Waals surface area contributed by atoms with Crippen LogP contribution in [0.15, 0.2) is 66.7 Å². The van der Waals surface area contributed by atoms with Crippen molar-refractivity contribution in [2.75, 3.05) is 14.2 Å². The Morgan fingerprint density at radius 2 is 1.58 bits per heavy atom. The molecule has 0 unspecified atom stereocenters. The van der Waals surface area contributed by atoms with Gasteiger partial charge >= 0.3 is 0 Å². The molecule has 3 aromatic carbocycles. The highest BCUT2D eigenvalue weighted by molar-refractivity contribution is 5.86. The monoisotopic (exact) mass is 341 g/mol. The Morgan fingerprint density at radius 1 is 0.917 bits per heavy atom. The van der Waals surface area contributed by atoms with E-state index < -0.39 is 0 Å². The van der Waals surface area contributed by atoms with Crippen LogP contribution in [0.4, 0.5) is 0 Å². The van der Waals surface area contributed by atoms with Crippen LogP contribution < -0.4 is 4.74 Å². The number of ether oxygens (including phenoxy) is 1. The zero-order valence-corrected chi connectivity index (χ0v) is 15.2. The van der Waals surface area contributed by atoms with Crippen molar-refractivity contribution in [2.24, 2.45) is 0 Å². The quantitative estimate of drug-likeness (QED) is 0.610. The van der Waals surface area contributed by atoms with E-state index in [-0.39, 0.29) is 12.4 Å². The molecule has 0 saturated heterocycles. The molecule has 126 valence electrons. The number of nitrogens with zero attached hydrogens (tertiary/aromatic N) is 1. The summed E-state index contributed by atoms with van der Waals surface area (Å²) >= 11 is 0. The fourth-order valence-electron chi connectivity index (χ4n) is 3.01. The third kappa shape index (κ3) is 3.89. The first-order valence-corrected chi connectivity index (χ1v) is 8.00. The van der Waals surface area contributed by atoms with Crippen LogP contribution in [0, 0.1) is 0 Å².